The Kier molecular flexibility index (Phi) is 12.8. The number of guanidine groups is 1. The highest BCUT2D eigenvalue weighted by Crippen LogP contribution is 2.08. The summed E-state index contributed by atoms with van der Waals surface area (Å²) in [5.41, 5.74) is 1.89. The van der Waals surface area contributed by atoms with Gasteiger partial charge in [-0.2, -0.15) is 0 Å². The van der Waals surface area contributed by atoms with Crippen molar-refractivity contribution in [3.63, 3.8) is 0 Å². The lowest BCUT2D eigenvalue weighted by Gasteiger charge is -2.13. The van der Waals surface area contributed by atoms with Gasteiger partial charge in [-0.1, -0.05) is 31.4 Å². The summed E-state index contributed by atoms with van der Waals surface area (Å²) in [4.78, 5) is 20.6. The summed E-state index contributed by atoms with van der Waals surface area (Å²) in [6, 6.07) is 7.86. The quantitative estimate of drug-likeness (QED) is 0.302. The summed E-state index contributed by atoms with van der Waals surface area (Å²) in [7, 11) is 7.81. The number of amides is 1. The predicted molar refractivity (Wildman–Crippen MR) is 124 cm³/mol. The second kappa shape index (κ2) is 14.9. The van der Waals surface area contributed by atoms with E-state index in [0.717, 1.165) is 49.6 Å². The van der Waals surface area contributed by atoms with E-state index in [9.17, 15) is 4.79 Å². The van der Waals surface area contributed by atoms with Crippen LogP contribution in [0.15, 0.2) is 29.3 Å². The average molecular weight is 404 g/mol. The minimum Gasteiger partial charge on any atom is -0.357 e. The van der Waals surface area contributed by atoms with Gasteiger partial charge in [-0.25, -0.2) is 0 Å². The van der Waals surface area contributed by atoms with E-state index in [1.807, 2.05) is 18.2 Å². The van der Waals surface area contributed by atoms with Crippen LogP contribution in [0.5, 0.6) is 0 Å². The Balaban J connectivity index is 2.34. The summed E-state index contributed by atoms with van der Waals surface area (Å²) in [5, 5.41) is 6.71. The minimum atomic E-state index is 0.0384. The fourth-order valence-corrected chi connectivity index (χ4v) is 3.05. The van der Waals surface area contributed by atoms with E-state index in [0.29, 0.717) is 0 Å². The highest BCUT2D eigenvalue weighted by Gasteiger charge is 2.08. The van der Waals surface area contributed by atoms with Gasteiger partial charge in [0.15, 0.2) is 5.96 Å². The van der Waals surface area contributed by atoms with Crippen LogP contribution in [0, 0.1) is 0 Å². The first-order valence-electron chi connectivity index (χ1n) is 10.9. The molecule has 6 heteroatoms. The van der Waals surface area contributed by atoms with Crippen LogP contribution in [0.3, 0.4) is 0 Å². The molecule has 0 aromatic heterocycles. The van der Waals surface area contributed by atoms with Crippen LogP contribution in [0.2, 0.25) is 0 Å². The Morgan fingerprint density at radius 3 is 2.41 bits per heavy atom. The second-order valence-corrected chi connectivity index (χ2v) is 7.91. The highest BCUT2D eigenvalue weighted by molar-refractivity contribution is 5.94. The molecule has 0 aliphatic carbocycles. The largest absolute Gasteiger partial charge is 0.357 e. The van der Waals surface area contributed by atoms with Crippen LogP contribution < -0.4 is 10.6 Å². The van der Waals surface area contributed by atoms with Crippen molar-refractivity contribution in [1.82, 2.24) is 20.4 Å². The molecule has 0 aliphatic heterocycles. The van der Waals surface area contributed by atoms with E-state index in [2.05, 4.69) is 47.6 Å². The number of nitrogens with one attached hydrogen (secondary N) is 2. The number of carbonyl (C=O) groups is 1. The van der Waals surface area contributed by atoms with Gasteiger partial charge < -0.3 is 20.4 Å². The number of benzene rings is 1. The van der Waals surface area contributed by atoms with Crippen LogP contribution in [0.25, 0.3) is 0 Å². The van der Waals surface area contributed by atoms with Crippen molar-refractivity contribution in [2.24, 2.45) is 4.99 Å². The van der Waals surface area contributed by atoms with Crippen LogP contribution in [-0.2, 0) is 6.42 Å². The van der Waals surface area contributed by atoms with Crippen molar-refractivity contribution in [2.45, 2.75) is 45.4 Å². The lowest BCUT2D eigenvalue weighted by molar-refractivity contribution is 0.0827. The van der Waals surface area contributed by atoms with Crippen LogP contribution in [0.1, 0.15) is 54.9 Å². The van der Waals surface area contributed by atoms with Crippen LogP contribution in [0.4, 0.5) is 0 Å². The fraction of sp³-hybridized carbons (Fsp3) is 0.652. The lowest BCUT2D eigenvalue weighted by Crippen LogP contribution is -2.38. The molecule has 1 amide bonds. The SMILES string of the molecule is CCNC(=NCCCCCCCN(C)C)NCCc1cccc(C(=O)N(C)C)c1. The second-order valence-electron chi connectivity index (χ2n) is 7.91. The molecule has 2 N–H and O–H groups in total. The third kappa shape index (κ3) is 11.5. The van der Waals surface area contributed by atoms with E-state index in [1.54, 1.807) is 19.0 Å². The Morgan fingerprint density at radius 2 is 1.72 bits per heavy atom. The van der Waals surface area contributed by atoms with Gasteiger partial charge in [0.1, 0.15) is 0 Å². The topological polar surface area (TPSA) is 60.0 Å². The zero-order chi connectivity index (χ0) is 21.5. The molecule has 0 aliphatic rings. The van der Waals surface area contributed by atoms with Crippen LogP contribution >= 0.6 is 0 Å². The number of unbranched alkanes of at least 4 members (excludes halogenated alkanes) is 4. The highest BCUT2D eigenvalue weighted by atomic mass is 16.2. The van der Waals surface area contributed by atoms with Crippen molar-refractivity contribution >= 4 is 11.9 Å². The zero-order valence-electron chi connectivity index (χ0n) is 19.1. The smallest absolute Gasteiger partial charge is 0.253 e. The first kappa shape index (κ1) is 25.0. The van der Waals surface area contributed by atoms with Crippen LogP contribution in [-0.4, -0.2) is 76.0 Å². The van der Waals surface area contributed by atoms with Crippen molar-refractivity contribution in [3.05, 3.63) is 35.4 Å². The molecule has 164 valence electrons. The number of rotatable bonds is 13. The maximum absolute atomic E-state index is 12.1. The average Bonchev–Trinajstić information content (AvgIpc) is 2.69. The first-order valence-corrected chi connectivity index (χ1v) is 10.9. The number of carbonyl (C=O) groups excluding carboxylic acids is 1. The van der Waals surface area contributed by atoms with Gasteiger partial charge in [0.25, 0.3) is 5.91 Å². The maximum Gasteiger partial charge on any atom is 0.253 e. The number of hydrogen-bond donors (Lipinski definition) is 2. The molecule has 0 unspecified atom stereocenters. The molecule has 1 aromatic carbocycles. The molecule has 29 heavy (non-hydrogen) atoms. The molecule has 0 radical (unpaired) electrons. The molecule has 0 bridgehead atoms. The molecule has 0 fully saturated rings. The maximum atomic E-state index is 12.1. The van der Waals surface area contributed by atoms with Gasteiger partial charge in [-0.3, -0.25) is 9.79 Å². The molecule has 0 atom stereocenters. The Bertz CT molecular complexity index is 613. The van der Waals surface area contributed by atoms with E-state index in [1.165, 1.54) is 32.2 Å². The lowest BCUT2D eigenvalue weighted by atomic mass is 10.1. The van der Waals surface area contributed by atoms with Gasteiger partial charge in [0, 0.05) is 39.3 Å². The summed E-state index contributed by atoms with van der Waals surface area (Å²) >= 11 is 0. The van der Waals surface area contributed by atoms with Crippen molar-refractivity contribution in [3.8, 4) is 0 Å². The van der Waals surface area contributed by atoms with E-state index >= 15 is 0 Å². The Labute approximate surface area is 177 Å². The molecule has 0 spiro atoms. The predicted octanol–water partition coefficient (Wildman–Crippen LogP) is 3.00. The van der Waals surface area contributed by atoms with Gasteiger partial charge in [-0.15, -0.1) is 0 Å². The fourth-order valence-electron chi connectivity index (χ4n) is 3.05. The van der Waals surface area contributed by atoms with Crippen molar-refractivity contribution < 1.29 is 4.79 Å². The molecule has 1 aromatic rings. The minimum absolute atomic E-state index is 0.0384. The van der Waals surface area contributed by atoms with Crippen molar-refractivity contribution in [2.75, 3.05) is 54.4 Å². The van der Waals surface area contributed by atoms with E-state index < -0.39 is 0 Å². The van der Waals surface area contributed by atoms with Gasteiger partial charge >= 0.3 is 0 Å². The first-order chi connectivity index (χ1) is 13.9. The van der Waals surface area contributed by atoms with Gasteiger partial charge in [0.2, 0.25) is 0 Å². The van der Waals surface area contributed by atoms with E-state index in [-0.39, 0.29) is 5.91 Å². The molecular weight excluding hydrogens is 362 g/mol. The molecule has 0 saturated heterocycles. The third-order valence-electron chi connectivity index (χ3n) is 4.66. The molecule has 0 heterocycles. The molecule has 6 nitrogen and oxygen atoms in total. The summed E-state index contributed by atoms with van der Waals surface area (Å²) in [5.74, 6) is 0.914. The number of aliphatic imine (C=N–C) groups is 1. The standard InChI is InChI=1S/C23H41N5O/c1-6-24-23(25-16-10-8-7-9-11-18-27(2)3)26-17-15-20-13-12-14-21(19-20)22(29)28(4)5/h12-14,19H,6-11,15-18H2,1-5H3,(H2,24,25,26). The number of nitrogens with zero attached hydrogens (tertiary/aromatic N) is 3. The molecular formula is C23H41N5O. The van der Waals surface area contributed by atoms with E-state index in [4.69, 9.17) is 0 Å². The normalized spacial score (nSPS) is 11.6. The number of hydrogen-bond acceptors (Lipinski definition) is 3. The molecule has 1 rings (SSSR count). The summed E-state index contributed by atoms with van der Waals surface area (Å²) in [6.07, 6.45) is 7.09. The summed E-state index contributed by atoms with van der Waals surface area (Å²) < 4.78 is 0. The molecule has 0 saturated carbocycles. The Morgan fingerprint density at radius 1 is 1.00 bits per heavy atom. The Hall–Kier alpha value is -2.08. The summed E-state index contributed by atoms with van der Waals surface area (Å²) in [6.45, 7) is 5.76. The zero-order valence-corrected chi connectivity index (χ0v) is 19.1. The monoisotopic (exact) mass is 403 g/mol. The van der Waals surface area contributed by atoms with Gasteiger partial charge in [0.05, 0.1) is 0 Å². The third-order valence-corrected chi connectivity index (χ3v) is 4.66. The van der Waals surface area contributed by atoms with Crippen molar-refractivity contribution in [1.29, 1.82) is 0 Å². The van der Waals surface area contributed by atoms with Gasteiger partial charge in [-0.05, 0) is 64.5 Å².